The molecule has 3 aromatic rings. The van der Waals surface area contributed by atoms with Gasteiger partial charge in [-0.1, -0.05) is 90.7 Å². The first-order chi connectivity index (χ1) is 19.1. The van der Waals surface area contributed by atoms with Crippen LogP contribution < -0.4 is 9.62 Å². The van der Waals surface area contributed by atoms with E-state index in [-0.39, 0.29) is 18.5 Å². The fourth-order valence-corrected chi connectivity index (χ4v) is 6.10. The molecule has 1 N–H and O–H groups in total. The molecule has 1 unspecified atom stereocenters. The molecule has 1 saturated carbocycles. The lowest BCUT2D eigenvalue weighted by Crippen LogP contribution is -2.54. The molecule has 0 spiro atoms. The number of nitrogens with one attached hydrogen (secondary N) is 1. The zero-order valence-electron chi connectivity index (χ0n) is 23.5. The number of hydrogen-bond acceptors (Lipinski definition) is 4. The van der Waals surface area contributed by atoms with Crippen LogP contribution in [0.25, 0.3) is 0 Å². The summed E-state index contributed by atoms with van der Waals surface area (Å²) in [6, 6.07) is 23.7. The van der Waals surface area contributed by atoms with E-state index < -0.39 is 28.5 Å². The molecule has 212 valence electrons. The highest BCUT2D eigenvalue weighted by molar-refractivity contribution is 7.92. The quantitative estimate of drug-likeness (QED) is 0.366. The minimum absolute atomic E-state index is 0.0850. The molecule has 7 nitrogen and oxygen atoms in total. The van der Waals surface area contributed by atoms with Crippen molar-refractivity contribution in [2.75, 3.05) is 17.1 Å². The maximum Gasteiger partial charge on any atom is 0.244 e. The lowest BCUT2D eigenvalue weighted by molar-refractivity contribution is -0.140. The van der Waals surface area contributed by atoms with E-state index in [2.05, 4.69) is 5.32 Å². The molecule has 0 bridgehead atoms. The number of amides is 2. The average molecular weight is 562 g/mol. The molecule has 0 saturated heterocycles. The molecule has 8 heteroatoms. The molecule has 4 rings (SSSR count). The molecule has 2 amide bonds. The topological polar surface area (TPSA) is 86.8 Å². The largest absolute Gasteiger partial charge is 0.352 e. The van der Waals surface area contributed by atoms with Crippen LogP contribution in [0.3, 0.4) is 0 Å². The first-order valence-electron chi connectivity index (χ1n) is 13.8. The van der Waals surface area contributed by atoms with Crippen LogP contribution in [-0.2, 0) is 32.6 Å². The third-order valence-electron chi connectivity index (χ3n) is 7.41. The van der Waals surface area contributed by atoms with E-state index in [1.54, 1.807) is 17.0 Å². The van der Waals surface area contributed by atoms with Crippen LogP contribution >= 0.6 is 0 Å². The van der Waals surface area contributed by atoms with Crippen LogP contribution in [0, 0.1) is 13.8 Å². The monoisotopic (exact) mass is 561 g/mol. The molecule has 3 aromatic carbocycles. The molecule has 0 aromatic heterocycles. The van der Waals surface area contributed by atoms with E-state index in [4.69, 9.17) is 0 Å². The molecule has 1 fully saturated rings. The lowest BCUT2D eigenvalue weighted by atomic mass is 10.0. The number of sulfonamides is 1. The Hall–Kier alpha value is -3.65. The van der Waals surface area contributed by atoms with Crippen molar-refractivity contribution < 1.29 is 18.0 Å². The van der Waals surface area contributed by atoms with Crippen molar-refractivity contribution in [2.24, 2.45) is 0 Å². The summed E-state index contributed by atoms with van der Waals surface area (Å²) in [7, 11) is -3.78. The van der Waals surface area contributed by atoms with Crippen LogP contribution in [0.5, 0.6) is 0 Å². The first-order valence-corrected chi connectivity index (χ1v) is 15.7. The summed E-state index contributed by atoms with van der Waals surface area (Å²) in [5.74, 6) is -0.645. The van der Waals surface area contributed by atoms with E-state index in [1.807, 2.05) is 80.6 Å². The second-order valence-corrected chi connectivity index (χ2v) is 12.7. The number of anilines is 1. The van der Waals surface area contributed by atoms with Crippen molar-refractivity contribution in [3.63, 3.8) is 0 Å². The molecule has 0 heterocycles. The maximum atomic E-state index is 14.1. The van der Waals surface area contributed by atoms with Gasteiger partial charge in [0.1, 0.15) is 12.6 Å². The number of benzene rings is 3. The molecule has 0 radical (unpaired) electrons. The van der Waals surface area contributed by atoms with Crippen LogP contribution in [0.2, 0.25) is 0 Å². The third kappa shape index (κ3) is 7.94. The summed E-state index contributed by atoms with van der Waals surface area (Å²) in [5, 5.41) is 3.19. The number of nitrogens with zero attached hydrogens (tertiary/aromatic N) is 2. The van der Waals surface area contributed by atoms with Crippen molar-refractivity contribution in [1.29, 1.82) is 0 Å². The minimum Gasteiger partial charge on any atom is -0.352 e. The van der Waals surface area contributed by atoms with Crippen molar-refractivity contribution in [2.45, 2.75) is 64.6 Å². The average Bonchev–Trinajstić information content (AvgIpc) is 3.43. The Morgan fingerprint density at radius 1 is 0.875 bits per heavy atom. The second-order valence-electron chi connectivity index (χ2n) is 10.8. The predicted molar refractivity (Wildman–Crippen MR) is 159 cm³/mol. The molecule has 40 heavy (non-hydrogen) atoms. The van der Waals surface area contributed by atoms with Gasteiger partial charge < -0.3 is 10.2 Å². The molecular formula is C32H39N3O4S. The normalized spacial score (nSPS) is 14.5. The SMILES string of the molecule is Cc1ccc(N(CC(=O)N(Cc2cccc(C)c2)C(Cc2ccccc2)C(=O)NC2CCCC2)S(C)(=O)=O)cc1. The van der Waals surface area contributed by atoms with Gasteiger partial charge in [0, 0.05) is 19.0 Å². The number of carbonyl (C=O) groups is 2. The number of hydrogen-bond donors (Lipinski definition) is 1. The van der Waals surface area contributed by atoms with Crippen LogP contribution in [0.4, 0.5) is 5.69 Å². The zero-order valence-corrected chi connectivity index (χ0v) is 24.4. The van der Waals surface area contributed by atoms with Crippen molar-refractivity contribution in [3.8, 4) is 0 Å². The van der Waals surface area contributed by atoms with Gasteiger partial charge >= 0.3 is 0 Å². The minimum atomic E-state index is -3.78. The van der Waals surface area contributed by atoms with Gasteiger partial charge in [-0.15, -0.1) is 0 Å². The fourth-order valence-electron chi connectivity index (χ4n) is 5.25. The van der Waals surface area contributed by atoms with Gasteiger partial charge in [-0.05, 0) is 49.9 Å². The van der Waals surface area contributed by atoms with Gasteiger partial charge in [0.2, 0.25) is 21.8 Å². The molecule has 0 aliphatic heterocycles. The predicted octanol–water partition coefficient (Wildman–Crippen LogP) is 4.77. The molecule has 1 aliphatic carbocycles. The number of aryl methyl sites for hydroxylation is 2. The Bertz CT molecular complexity index is 1400. The highest BCUT2D eigenvalue weighted by Gasteiger charge is 2.34. The van der Waals surface area contributed by atoms with Gasteiger partial charge in [-0.25, -0.2) is 8.42 Å². The van der Waals surface area contributed by atoms with E-state index in [1.165, 1.54) is 0 Å². The van der Waals surface area contributed by atoms with Gasteiger partial charge in [-0.2, -0.15) is 0 Å². The van der Waals surface area contributed by atoms with Gasteiger partial charge in [0.05, 0.1) is 11.9 Å². The van der Waals surface area contributed by atoms with Gasteiger partial charge in [0.15, 0.2) is 0 Å². The smallest absolute Gasteiger partial charge is 0.244 e. The Labute approximate surface area is 238 Å². The standard InChI is InChI=1S/C32H39N3O4S/c1-24-16-18-29(19-17-24)35(40(3,38)39)23-31(36)34(22-27-13-9-10-25(2)20-27)30(21-26-11-5-4-6-12-26)32(37)33-28-14-7-8-15-28/h4-6,9-13,16-20,28,30H,7-8,14-15,21-23H2,1-3H3,(H,33,37). The number of rotatable bonds is 11. The summed E-state index contributed by atoms with van der Waals surface area (Å²) >= 11 is 0. The molecule has 1 atom stereocenters. The van der Waals surface area contributed by atoms with Crippen molar-refractivity contribution in [3.05, 3.63) is 101 Å². The Balaban J connectivity index is 1.72. The summed E-state index contributed by atoms with van der Waals surface area (Å²) in [5.41, 5.74) is 4.23. The van der Waals surface area contributed by atoms with E-state index >= 15 is 0 Å². The van der Waals surface area contributed by atoms with Crippen LogP contribution in [0.15, 0.2) is 78.9 Å². The van der Waals surface area contributed by atoms with Gasteiger partial charge in [-0.3, -0.25) is 13.9 Å². The fraction of sp³-hybridized carbons (Fsp3) is 0.375. The van der Waals surface area contributed by atoms with E-state index in [0.717, 1.165) is 58.5 Å². The van der Waals surface area contributed by atoms with E-state index in [9.17, 15) is 18.0 Å². The Kier molecular flexibility index (Phi) is 9.63. The lowest BCUT2D eigenvalue weighted by Gasteiger charge is -2.34. The first kappa shape index (κ1) is 29.3. The van der Waals surface area contributed by atoms with Crippen molar-refractivity contribution >= 4 is 27.5 Å². The second kappa shape index (κ2) is 13.1. The highest BCUT2D eigenvalue weighted by Crippen LogP contribution is 2.22. The Morgan fingerprint density at radius 2 is 1.52 bits per heavy atom. The maximum absolute atomic E-state index is 14.1. The molecule has 1 aliphatic rings. The highest BCUT2D eigenvalue weighted by atomic mass is 32.2. The number of carbonyl (C=O) groups excluding carboxylic acids is 2. The molecular weight excluding hydrogens is 522 g/mol. The summed E-state index contributed by atoms with van der Waals surface area (Å²) < 4.78 is 26.9. The van der Waals surface area contributed by atoms with Crippen LogP contribution in [-0.4, -0.2) is 50.0 Å². The third-order valence-corrected chi connectivity index (χ3v) is 8.55. The van der Waals surface area contributed by atoms with Crippen LogP contribution in [0.1, 0.15) is 47.9 Å². The zero-order chi connectivity index (χ0) is 28.7. The Morgan fingerprint density at radius 3 is 2.15 bits per heavy atom. The van der Waals surface area contributed by atoms with Gasteiger partial charge in [0.25, 0.3) is 0 Å². The summed E-state index contributed by atoms with van der Waals surface area (Å²) in [4.78, 5) is 29.6. The summed E-state index contributed by atoms with van der Waals surface area (Å²) in [6.07, 6.45) is 5.40. The summed E-state index contributed by atoms with van der Waals surface area (Å²) in [6.45, 7) is 3.67. The van der Waals surface area contributed by atoms with Crippen molar-refractivity contribution in [1.82, 2.24) is 10.2 Å². The van der Waals surface area contributed by atoms with E-state index in [0.29, 0.717) is 12.1 Å².